The van der Waals surface area contributed by atoms with Gasteiger partial charge in [-0.05, 0) is 30.7 Å². The summed E-state index contributed by atoms with van der Waals surface area (Å²) in [4.78, 5) is 42.6. The summed E-state index contributed by atoms with van der Waals surface area (Å²) in [7, 11) is 0. The highest BCUT2D eigenvalue weighted by Crippen LogP contribution is 2.44. The van der Waals surface area contributed by atoms with Gasteiger partial charge in [0.05, 0.1) is 16.2 Å². The number of carbonyl (C=O) groups excluding carboxylic acids is 3. The van der Waals surface area contributed by atoms with Crippen molar-refractivity contribution in [3.05, 3.63) is 64.0 Å². The van der Waals surface area contributed by atoms with E-state index >= 15 is 0 Å². The van der Waals surface area contributed by atoms with Crippen molar-refractivity contribution in [3.8, 4) is 0 Å². The predicted molar refractivity (Wildman–Crippen MR) is 137 cm³/mol. The summed E-state index contributed by atoms with van der Waals surface area (Å²) in [5, 5.41) is 3.26. The van der Waals surface area contributed by atoms with Gasteiger partial charge in [0, 0.05) is 22.8 Å². The van der Waals surface area contributed by atoms with E-state index in [4.69, 9.17) is 23.8 Å². The third-order valence-corrected chi connectivity index (χ3v) is 7.08. The van der Waals surface area contributed by atoms with Crippen molar-refractivity contribution in [2.45, 2.75) is 26.2 Å². The molecule has 2 aromatic carbocycles. The Hall–Kier alpha value is -2.68. The number of hydrogen-bond acceptors (Lipinski definition) is 5. The molecule has 170 valence electrons. The number of unbranched alkanes of at least 4 members (excludes halogenated alkanes) is 2. The van der Waals surface area contributed by atoms with Gasteiger partial charge in [0.25, 0.3) is 11.8 Å². The average Bonchev–Trinajstić information content (AvgIpc) is 3.21. The highest BCUT2D eigenvalue weighted by atomic mass is 35.5. The Bertz CT molecular complexity index is 1180. The number of rotatable bonds is 7. The molecule has 1 fully saturated rings. The lowest BCUT2D eigenvalue weighted by molar-refractivity contribution is -0.122. The second-order valence-electron chi connectivity index (χ2n) is 7.70. The van der Waals surface area contributed by atoms with Crippen LogP contribution in [-0.2, 0) is 14.4 Å². The maximum Gasteiger partial charge on any atom is 0.267 e. The fraction of sp³-hybridized carbons (Fsp3) is 0.250. The summed E-state index contributed by atoms with van der Waals surface area (Å²) in [6.45, 7) is 2.44. The van der Waals surface area contributed by atoms with Gasteiger partial charge in [0.2, 0.25) is 5.91 Å². The lowest BCUT2D eigenvalue weighted by Gasteiger charge is -2.17. The summed E-state index contributed by atoms with van der Waals surface area (Å²) >= 11 is 12.6. The van der Waals surface area contributed by atoms with Gasteiger partial charge in [-0.3, -0.25) is 24.2 Å². The van der Waals surface area contributed by atoms with E-state index in [0.717, 1.165) is 31.0 Å². The third-order valence-electron chi connectivity index (χ3n) is 5.39. The minimum atomic E-state index is -0.383. The monoisotopic (exact) mass is 499 g/mol. The molecular weight excluding hydrogens is 478 g/mol. The van der Waals surface area contributed by atoms with E-state index in [1.165, 1.54) is 4.90 Å². The Labute approximate surface area is 207 Å². The first-order valence-corrected chi connectivity index (χ1v) is 12.3. The molecule has 0 unspecified atom stereocenters. The van der Waals surface area contributed by atoms with E-state index in [1.807, 2.05) is 6.07 Å². The van der Waals surface area contributed by atoms with Gasteiger partial charge in [-0.25, -0.2) is 0 Å². The smallest absolute Gasteiger partial charge is 0.267 e. The third kappa shape index (κ3) is 4.83. The van der Waals surface area contributed by atoms with Crippen molar-refractivity contribution in [1.82, 2.24) is 4.90 Å². The van der Waals surface area contributed by atoms with E-state index in [-0.39, 0.29) is 24.3 Å². The Balaban J connectivity index is 1.60. The van der Waals surface area contributed by atoms with Crippen LogP contribution in [0.2, 0.25) is 5.02 Å². The summed E-state index contributed by atoms with van der Waals surface area (Å²) in [5.41, 5.74) is 2.07. The molecule has 1 N–H and O–H groups in total. The molecule has 2 aromatic rings. The number of para-hydroxylation sites is 1. The van der Waals surface area contributed by atoms with Crippen molar-refractivity contribution in [2.24, 2.45) is 0 Å². The number of nitrogens with zero attached hydrogens (tertiary/aromatic N) is 2. The van der Waals surface area contributed by atoms with E-state index < -0.39 is 0 Å². The van der Waals surface area contributed by atoms with Crippen molar-refractivity contribution < 1.29 is 14.4 Å². The number of amides is 3. The topological polar surface area (TPSA) is 69.7 Å². The lowest BCUT2D eigenvalue weighted by Crippen LogP contribution is -2.35. The fourth-order valence-electron chi connectivity index (χ4n) is 3.83. The van der Waals surface area contributed by atoms with Crippen LogP contribution in [0.4, 0.5) is 11.4 Å². The molecule has 2 aliphatic rings. The summed E-state index contributed by atoms with van der Waals surface area (Å²) < 4.78 is 0.459. The molecule has 2 aliphatic heterocycles. The molecule has 1 saturated heterocycles. The van der Waals surface area contributed by atoms with Crippen LogP contribution < -0.4 is 10.2 Å². The van der Waals surface area contributed by atoms with Crippen LogP contribution in [0.1, 0.15) is 31.7 Å². The maximum atomic E-state index is 13.5. The van der Waals surface area contributed by atoms with E-state index in [2.05, 4.69) is 12.2 Å². The van der Waals surface area contributed by atoms with Crippen LogP contribution in [0.5, 0.6) is 0 Å². The molecule has 0 radical (unpaired) electrons. The zero-order valence-electron chi connectivity index (χ0n) is 18.0. The van der Waals surface area contributed by atoms with Crippen molar-refractivity contribution >= 4 is 74.6 Å². The van der Waals surface area contributed by atoms with Gasteiger partial charge in [-0.2, -0.15) is 0 Å². The maximum absolute atomic E-state index is 13.5. The molecule has 0 aliphatic carbocycles. The number of nitrogens with one attached hydrogen (secondary N) is 1. The summed E-state index contributed by atoms with van der Waals surface area (Å²) in [6.07, 6.45) is 2.89. The molecule has 33 heavy (non-hydrogen) atoms. The van der Waals surface area contributed by atoms with Gasteiger partial charge >= 0.3 is 0 Å². The second kappa shape index (κ2) is 10.1. The molecule has 9 heteroatoms. The largest absolute Gasteiger partial charge is 0.324 e. The van der Waals surface area contributed by atoms with Gasteiger partial charge in [-0.1, -0.05) is 79.6 Å². The van der Waals surface area contributed by atoms with Gasteiger partial charge in [0.15, 0.2) is 0 Å². The number of anilines is 2. The first-order valence-electron chi connectivity index (χ1n) is 10.6. The van der Waals surface area contributed by atoms with E-state index in [9.17, 15) is 14.4 Å². The number of halogens is 1. The normalized spacial score (nSPS) is 17.7. The van der Waals surface area contributed by atoms with Crippen LogP contribution in [0.25, 0.3) is 5.57 Å². The Morgan fingerprint density at radius 1 is 1.06 bits per heavy atom. The molecule has 3 amide bonds. The minimum Gasteiger partial charge on any atom is -0.324 e. The summed E-state index contributed by atoms with van der Waals surface area (Å²) in [6, 6.07) is 14.0. The van der Waals surface area contributed by atoms with Gasteiger partial charge < -0.3 is 5.32 Å². The Kier molecular flexibility index (Phi) is 7.17. The first kappa shape index (κ1) is 23.5. The van der Waals surface area contributed by atoms with Crippen LogP contribution >= 0.6 is 35.6 Å². The molecule has 0 bridgehead atoms. The van der Waals surface area contributed by atoms with Crippen molar-refractivity contribution in [1.29, 1.82) is 0 Å². The zero-order valence-corrected chi connectivity index (χ0v) is 20.4. The molecule has 6 nitrogen and oxygen atoms in total. The van der Waals surface area contributed by atoms with Crippen LogP contribution in [-0.4, -0.2) is 40.0 Å². The molecule has 4 rings (SSSR count). The van der Waals surface area contributed by atoms with Gasteiger partial charge in [-0.15, -0.1) is 0 Å². The first-order chi connectivity index (χ1) is 15.9. The number of hydrogen-bond donors (Lipinski definition) is 1. The fourth-order valence-corrected chi connectivity index (χ4v) is 5.40. The minimum absolute atomic E-state index is 0.192. The zero-order chi connectivity index (χ0) is 23.5. The van der Waals surface area contributed by atoms with Gasteiger partial charge in [0.1, 0.15) is 10.9 Å². The molecule has 0 atom stereocenters. The van der Waals surface area contributed by atoms with Crippen molar-refractivity contribution in [3.63, 3.8) is 0 Å². The van der Waals surface area contributed by atoms with Crippen LogP contribution in [0.3, 0.4) is 0 Å². The number of fused-ring (bicyclic) bond motifs is 1. The average molecular weight is 500 g/mol. The number of carbonyl (C=O) groups is 3. The molecular formula is C24H22ClN3O3S2. The van der Waals surface area contributed by atoms with E-state index in [0.29, 0.717) is 43.3 Å². The van der Waals surface area contributed by atoms with E-state index in [1.54, 1.807) is 47.4 Å². The lowest BCUT2D eigenvalue weighted by atomic mass is 10.1. The molecule has 0 spiro atoms. The Morgan fingerprint density at radius 3 is 2.61 bits per heavy atom. The highest BCUT2D eigenvalue weighted by molar-refractivity contribution is 8.26. The Morgan fingerprint density at radius 2 is 1.85 bits per heavy atom. The van der Waals surface area contributed by atoms with Crippen LogP contribution in [0, 0.1) is 0 Å². The number of thiocarbonyl (C=S) groups is 1. The number of thioether (sulfide) groups is 1. The summed E-state index contributed by atoms with van der Waals surface area (Å²) in [5.74, 6) is -0.996. The molecule has 2 heterocycles. The second-order valence-corrected chi connectivity index (χ2v) is 9.78. The quantitative estimate of drug-likeness (QED) is 0.326. The molecule has 0 saturated carbocycles. The SMILES string of the molecule is CCCCCN1C(=O)/C(=C2\C(=O)N(CC(=O)Nc3cccc(Cl)c3)c3ccccc32)SC1=S. The predicted octanol–water partition coefficient (Wildman–Crippen LogP) is 5.09. The van der Waals surface area contributed by atoms with Crippen LogP contribution in [0.15, 0.2) is 53.4 Å². The number of benzene rings is 2. The highest BCUT2D eigenvalue weighted by Gasteiger charge is 2.42. The standard InChI is InChI=1S/C24H22ClN3O3S2/c1-2-3-6-12-27-23(31)21(33-24(27)32)20-17-10-4-5-11-18(17)28(22(20)30)14-19(29)26-16-9-7-8-15(25)13-16/h4-5,7-11,13H,2-3,6,12,14H2,1H3,(H,26,29)/b21-20+. The van der Waals surface area contributed by atoms with Crippen molar-refractivity contribution in [2.75, 3.05) is 23.3 Å². The molecule has 0 aromatic heterocycles.